The summed E-state index contributed by atoms with van der Waals surface area (Å²) in [5.41, 5.74) is 1.52. The number of imide groups is 1. The summed E-state index contributed by atoms with van der Waals surface area (Å²) in [7, 11) is 1.49. The zero-order valence-corrected chi connectivity index (χ0v) is 20.1. The number of hydrogen-bond acceptors (Lipinski definition) is 7. The number of esters is 1. The van der Waals surface area contributed by atoms with Crippen molar-refractivity contribution < 1.29 is 28.6 Å². The molecule has 2 aromatic carbocycles. The molecule has 33 heavy (non-hydrogen) atoms. The van der Waals surface area contributed by atoms with Crippen LogP contribution in [0.2, 0.25) is 5.02 Å². The number of amides is 2. The number of thioether (sulfide) groups is 1. The van der Waals surface area contributed by atoms with Gasteiger partial charge in [-0.1, -0.05) is 48.9 Å². The van der Waals surface area contributed by atoms with Crippen molar-refractivity contribution in [3.05, 3.63) is 63.5 Å². The molecule has 2 aromatic rings. The fraction of sp³-hybridized carbons (Fsp3) is 0.292. The van der Waals surface area contributed by atoms with Gasteiger partial charge in [0.05, 0.1) is 23.1 Å². The van der Waals surface area contributed by atoms with Crippen LogP contribution in [0, 0.1) is 0 Å². The zero-order chi connectivity index (χ0) is 24.0. The number of hydrogen-bond donors (Lipinski definition) is 0. The van der Waals surface area contributed by atoms with E-state index in [0.717, 1.165) is 22.2 Å². The Morgan fingerprint density at radius 3 is 2.61 bits per heavy atom. The lowest BCUT2D eigenvalue weighted by molar-refractivity contribution is -0.150. The minimum Gasteiger partial charge on any atom is -0.493 e. The van der Waals surface area contributed by atoms with Crippen molar-refractivity contribution in [3.63, 3.8) is 0 Å². The Kier molecular flexibility index (Phi) is 8.41. The fourth-order valence-electron chi connectivity index (χ4n) is 2.95. The number of halogens is 1. The van der Waals surface area contributed by atoms with Crippen molar-refractivity contribution in [1.82, 2.24) is 4.90 Å². The molecule has 1 fully saturated rings. The van der Waals surface area contributed by atoms with Crippen molar-refractivity contribution in [2.75, 3.05) is 13.7 Å². The molecule has 0 N–H and O–H groups in total. The first-order valence-corrected chi connectivity index (χ1v) is 11.5. The topological polar surface area (TPSA) is 82.1 Å². The van der Waals surface area contributed by atoms with Crippen LogP contribution in [0.15, 0.2) is 47.4 Å². The summed E-state index contributed by atoms with van der Waals surface area (Å²) < 4.78 is 16.4. The van der Waals surface area contributed by atoms with E-state index in [1.807, 2.05) is 37.3 Å². The molecule has 1 atom stereocenters. The second-order valence-corrected chi connectivity index (χ2v) is 8.69. The van der Waals surface area contributed by atoms with Gasteiger partial charge >= 0.3 is 5.97 Å². The molecule has 0 radical (unpaired) electrons. The minimum atomic E-state index is -0.627. The molecular weight excluding hydrogens is 466 g/mol. The van der Waals surface area contributed by atoms with Gasteiger partial charge in [-0.2, -0.15) is 0 Å². The molecule has 9 heteroatoms. The Labute approximate surface area is 201 Å². The van der Waals surface area contributed by atoms with Crippen molar-refractivity contribution in [2.45, 2.75) is 33.0 Å². The first-order chi connectivity index (χ1) is 15.8. The first-order valence-electron chi connectivity index (χ1n) is 10.3. The van der Waals surface area contributed by atoms with Gasteiger partial charge in [0.2, 0.25) is 0 Å². The highest BCUT2D eigenvalue weighted by Gasteiger charge is 2.37. The predicted octanol–water partition coefficient (Wildman–Crippen LogP) is 5.31. The number of ether oxygens (including phenoxy) is 3. The molecule has 7 nitrogen and oxygen atoms in total. The summed E-state index contributed by atoms with van der Waals surface area (Å²) in [6.07, 6.45) is 1.88. The maximum atomic E-state index is 12.7. The highest BCUT2D eigenvalue weighted by atomic mass is 35.5. The quantitative estimate of drug-likeness (QED) is 0.349. The third kappa shape index (κ3) is 6.30. The second-order valence-electron chi connectivity index (χ2n) is 7.28. The van der Waals surface area contributed by atoms with Crippen LogP contribution in [0.3, 0.4) is 0 Å². The number of carbonyl (C=O) groups is 3. The van der Waals surface area contributed by atoms with E-state index in [9.17, 15) is 14.4 Å². The Bertz CT molecular complexity index is 1070. The Balaban J connectivity index is 1.75. The van der Waals surface area contributed by atoms with Gasteiger partial charge < -0.3 is 14.2 Å². The van der Waals surface area contributed by atoms with E-state index in [1.54, 1.807) is 19.1 Å². The number of rotatable bonds is 9. The minimum absolute atomic E-state index is 0.174. The van der Waals surface area contributed by atoms with Crippen molar-refractivity contribution in [1.29, 1.82) is 0 Å². The lowest BCUT2D eigenvalue weighted by atomic mass is 10.1. The Morgan fingerprint density at radius 1 is 1.21 bits per heavy atom. The van der Waals surface area contributed by atoms with Crippen LogP contribution < -0.4 is 9.47 Å². The van der Waals surface area contributed by atoms with Crippen LogP contribution in [0.25, 0.3) is 6.08 Å². The van der Waals surface area contributed by atoms with E-state index >= 15 is 0 Å². The average Bonchev–Trinajstić information content (AvgIpc) is 3.05. The van der Waals surface area contributed by atoms with Gasteiger partial charge in [0, 0.05) is 0 Å². The third-order valence-electron chi connectivity index (χ3n) is 4.84. The zero-order valence-electron chi connectivity index (χ0n) is 18.5. The number of carbonyl (C=O) groups excluding carboxylic acids is 3. The molecule has 0 aliphatic carbocycles. The monoisotopic (exact) mass is 489 g/mol. The summed E-state index contributed by atoms with van der Waals surface area (Å²) in [4.78, 5) is 38.0. The molecular formula is C24H24ClNO6S. The van der Waals surface area contributed by atoms with Crippen molar-refractivity contribution in [3.8, 4) is 11.5 Å². The maximum absolute atomic E-state index is 12.7. The smallest absolute Gasteiger partial charge is 0.326 e. The predicted molar refractivity (Wildman–Crippen MR) is 127 cm³/mol. The third-order valence-corrected chi connectivity index (χ3v) is 6.03. The molecule has 0 spiro atoms. The lowest BCUT2D eigenvalue weighted by Gasteiger charge is -2.15. The summed E-state index contributed by atoms with van der Waals surface area (Å²) >= 11 is 7.18. The number of methoxy groups -OCH3 is 1. The van der Waals surface area contributed by atoms with E-state index < -0.39 is 23.7 Å². The summed E-state index contributed by atoms with van der Waals surface area (Å²) in [5.74, 6) is -0.426. The van der Waals surface area contributed by atoms with Crippen LogP contribution in [0.4, 0.5) is 4.79 Å². The molecule has 0 unspecified atom stereocenters. The van der Waals surface area contributed by atoms with Gasteiger partial charge in [0.25, 0.3) is 11.1 Å². The van der Waals surface area contributed by atoms with Gasteiger partial charge in [0.15, 0.2) is 11.5 Å². The van der Waals surface area contributed by atoms with Gasteiger partial charge in [-0.05, 0) is 54.4 Å². The Morgan fingerprint density at radius 2 is 1.94 bits per heavy atom. The van der Waals surface area contributed by atoms with Gasteiger partial charge in [-0.15, -0.1) is 0 Å². The van der Waals surface area contributed by atoms with E-state index in [0.29, 0.717) is 35.1 Å². The SMILES string of the molecule is CC[C@H](C)OC(=O)CN1C(=O)S/C(=C\c2cc(Cl)c(OCc3ccccc3)c(OC)c2)C1=O. The normalized spacial score (nSPS) is 15.6. The van der Waals surface area contributed by atoms with E-state index in [-0.39, 0.29) is 11.0 Å². The van der Waals surface area contributed by atoms with Crippen LogP contribution in [-0.2, 0) is 20.9 Å². The van der Waals surface area contributed by atoms with Crippen LogP contribution in [0.1, 0.15) is 31.4 Å². The molecule has 2 amide bonds. The lowest BCUT2D eigenvalue weighted by Crippen LogP contribution is -2.35. The molecule has 0 bridgehead atoms. The fourth-order valence-corrected chi connectivity index (χ4v) is 4.07. The molecule has 1 aliphatic rings. The van der Waals surface area contributed by atoms with Crippen LogP contribution >= 0.6 is 23.4 Å². The Hall–Kier alpha value is -2.97. The van der Waals surface area contributed by atoms with Gasteiger partial charge in [-0.25, -0.2) is 0 Å². The number of nitrogens with zero attached hydrogens (tertiary/aromatic N) is 1. The van der Waals surface area contributed by atoms with Crippen LogP contribution in [-0.4, -0.2) is 41.8 Å². The van der Waals surface area contributed by atoms with E-state index in [4.69, 9.17) is 25.8 Å². The summed E-state index contributed by atoms with van der Waals surface area (Å²) in [5, 5.41) is -0.235. The van der Waals surface area contributed by atoms with Crippen molar-refractivity contribution >= 4 is 46.6 Å². The first kappa shape index (κ1) is 24.7. The molecule has 0 aromatic heterocycles. The molecule has 0 saturated carbocycles. The molecule has 1 aliphatic heterocycles. The summed E-state index contributed by atoms with van der Waals surface area (Å²) in [6, 6.07) is 12.9. The van der Waals surface area contributed by atoms with E-state index in [2.05, 4.69) is 0 Å². The average molecular weight is 490 g/mol. The highest BCUT2D eigenvalue weighted by molar-refractivity contribution is 8.18. The summed E-state index contributed by atoms with van der Waals surface area (Å²) in [6.45, 7) is 3.50. The van der Waals surface area contributed by atoms with Gasteiger partial charge in [0.1, 0.15) is 13.2 Å². The standard InChI is InChI=1S/C24H24ClNO6S/c1-4-15(2)32-21(27)13-26-23(28)20(33-24(26)29)12-17-10-18(25)22(19(11-17)30-3)31-14-16-8-6-5-7-9-16/h5-12,15H,4,13-14H2,1-3H3/b20-12-/t15-/m0/s1. The van der Waals surface area contributed by atoms with Crippen LogP contribution in [0.5, 0.6) is 11.5 Å². The van der Waals surface area contributed by atoms with Gasteiger partial charge in [-0.3, -0.25) is 19.3 Å². The maximum Gasteiger partial charge on any atom is 0.326 e. The molecule has 1 saturated heterocycles. The van der Waals surface area contributed by atoms with Crippen molar-refractivity contribution in [2.24, 2.45) is 0 Å². The number of benzene rings is 2. The molecule has 3 rings (SSSR count). The molecule has 174 valence electrons. The largest absolute Gasteiger partial charge is 0.493 e. The molecule has 1 heterocycles. The van der Waals surface area contributed by atoms with E-state index in [1.165, 1.54) is 13.2 Å². The second kappa shape index (κ2) is 11.2. The highest BCUT2D eigenvalue weighted by Crippen LogP contribution is 2.39.